The number of benzene rings is 2. The zero-order valence-electron chi connectivity index (χ0n) is 19.5. The third-order valence-corrected chi connectivity index (χ3v) is 6.86. The van der Waals surface area contributed by atoms with Crippen LogP contribution < -0.4 is 10.6 Å². The van der Waals surface area contributed by atoms with Crippen molar-refractivity contribution in [3.05, 3.63) is 75.7 Å². The van der Waals surface area contributed by atoms with Crippen LogP contribution >= 0.6 is 11.3 Å². The molecule has 0 radical (unpaired) electrons. The Labute approximate surface area is 207 Å². The molecule has 1 atom stereocenters. The molecule has 0 saturated carbocycles. The summed E-state index contributed by atoms with van der Waals surface area (Å²) in [6, 6.07) is 15.3. The van der Waals surface area contributed by atoms with Crippen LogP contribution in [0.3, 0.4) is 0 Å². The normalized spacial score (nSPS) is 13.1. The van der Waals surface area contributed by atoms with E-state index in [0.717, 1.165) is 11.1 Å². The number of alkyl carbamates (subject to hydrolysis) is 1. The number of carbonyl (C=O) groups excluding carboxylic acids is 2. The van der Waals surface area contributed by atoms with E-state index >= 15 is 0 Å². The van der Waals surface area contributed by atoms with E-state index in [9.17, 15) is 19.5 Å². The van der Waals surface area contributed by atoms with Gasteiger partial charge in [0.25, 0.3) is 5.91 Å². The Morgan fingerprint density at radius 3 is 2.29 bits per heavy atom. The first kappa shape index (κ1) is 24.4. The number of nitrogens with one attached hydrogen (secondary N) is 2. The number of aromatic nitrogens is 1. The number of carboxylic acid groups (broad SMARTS) is 1. The van der Waals surface area contributed by atoms with Gasteiger partial charge in [-0.1, -0.05) is 62.4 Å². The molecule has 9 heteroatoms. The minimum Gasteiger partial charge on any atom is -0.480 e. The molecular formula is C26H27N3O5S. The fourth-order valence-electron chi connectivity index (χ4n) is 4.18. The van der Waals surface area contributed by atoms with Gasteiger partial charge in [0, 0.05) is 24.3 Å². The van der Waals surface area contributed by atoms with Crippen molar-refractivity contribution < 1.29 is 24.2 Å². The molecule has 0 fully saturated rings. The molecule has 1 aromatic heterocycles. The van der Waals surface area contributed by atoms with Crippen LogP contribution in [0.1, 0.15) is 46.4 Å². The monoisotopic (exact) mass is 493 g/mol. The molecule has 0 aliphatic heterocycles. The van der Waals surface area contributed by atoms with Crippen LogP contribution in [-0.2, 0) is 16.0 Å². The van der Waals surface area contributed by atoms with Crippen LogP contribution in [0.2, 0.25) is 0 Å². The van der Waals surface area contributed by atoms with Gasteiger partial charge in [0.1, 0.15) is 18.3 Å². The molecule has 1 aliphatic carbocycles. The van der Waals surface area contributed by atoms with Gasteiger partial charge < -0.3 is 20.5 Å². The maximum atomic E-state index is 12.3. The second-order valence-corrected chi connectivity index (χ2v) is 9.60. The Kier molecular flexibility index (Phi) is 7.45. The zero-order valence-corrected chi connectivity index (χ0v) is 20.3. The summed E-state index contributed by atoms with van der Waals surface area (Å²) in [5.41, 5.74) is 4.81. The molecule has 2 amide bonds. The Morgan fingerprint density at radius 2 is 1.69 bits per heavy atom. The molecular weight excluding hydrogens is 466 g/mol. The van der Waals surface area contributed by atoms with Gasteiger partial charge in [0.15, 0.2) is 0 Å². The molecule has 4 rings (SSSR count). The number of rotatable bonds is 9. The van der Waals surface area contributed by atoms with E-state index in [2.05, 4.69) is 39.9 Å². The molecule has 0 unspecified atom stereocenters. The van der Waals surface area contributed by atoms with Crippen molar-refractivity contribution in [3.63, 3.8) is 0 Å². The topological polar surface area (TPSA) is 118 Å². The largest absolute Gasteiger partial charge is 0.480 e. The fraction of sp³-hybridized carbons (Fsp3) is 0.308. The number of aliphatic carboxylic acids is 1. The van der Waals surface area contributed by atoms with Crippen LogP contribution in [0.25, 0.3) is 11.1 Å². The molecule has 35 heavy (non-hydrogen) atoms. The molecule has 2 aromatic carbocycles. The average Bonchev–Trinajstić information content (AvgIpc) is 3.44. The highest BCUT2D eigenvalue weighted by atomic mass is 32.1. The Hall–Kier alpha value is -3.72. The Bertz CT molecular complexity index is 1190. The maximum Gasteiger partial charge on any atom is 0.407 e. The van der Waals surface area contributed by atoms with Gasteiger partial charge in [0.05, 0.1) is 5.01 Å². The van der Waals surface area contributed by atoms with E-state index < -0.39 is 24.0 Å². The lowest BCUT2D eigenvalue weighted by atomic mass is 9.98. The molecule has 0 saturated heterocycles. The summed E-state index contributed by atoms with van der Waals surface area (Å²) in [5.74, 6) is -1.88. The van der Waals surface area contributed by atoms with E-state index in [1.807, 2.05) is 24.3 Å². The number of fused-ring (bicyclic) bond motifs is 3. The molecule has 182 valence electrons. The molecule has 0 bridgehead atoms. The van der Waals surface area contributed by atoms with Crippen LogP contribution in [0, 0.1) is 5.92 Å². The van der Waals surface area contributed by atoms with E-state index in [-0.39, 0.29) is 24.1 Å². The molecule has 3 N–H and O–H groups in total. The Morgan fingerprint density at radius 1 is 1.06 bits per heavy atom. The van der Waals surface area contributed by atoms with Crippen molar-refractivity contribution in [3.8, 4) is 11.1 Å². The minimum atomic E-state index is -1.09. The van der Waals surface area contributed by atoms with Gasteiger partial charge in [-0.05, 0) is 28.2 Å². The number of carboxylic acids is 1. The zero-order chi connectivity index (χ0) is 24.9. The minimum absolute atomic E-state index is 0.00588. The molecule has 3 aromatic rings. The number of hydrogen-bond donors (Lipinski definition) is 3. The fourth-order valence-corrected chi connectivity index (χ4v) is 4.96. The lowest BCUT2D eigenvalue weighted by Crippen LogP contribution is -2.44. The summed E-state index contributed by atoms with van der Waals surface area (Å²) in [7, 11) is 0. The van der Waals surface area contributed by atoms with Gasteiger partial charge in [0.2, 0.25) is 0 Å². The van der Waals surface area contributed by atoms with Gasteiger partial charge in [-0.3, -0.25) is 4.79 Å². The number of ether oxygens (including phenoxy) is 1. The summed E-state index contributed by atoms with van der Waals surface area (Å²) >= 11 is 1.28. The SMILES string of the molecule is CC(C)[C@H](NC(=O)c1csc(CCNC(=O)OCC2c3ccccc3-c3ccccc32)n1)C(=O)O. The third kappa shape index (κ3) is 5.51. The predicted molar refractivity (Wildman–Crippen MR) is 133 cm³/mol. The third-order valence-electron chi connectivity index (χ3n) is 5.96. The van der Waals surface area contributed by atoms with E-state index in [4.69, 9.17) is 4.74 Å². The lowest BCUT2D eigenvalue weighted by molar-refractivity contribution is -0.140. The van der Waals surface area contributed by atoms with Gasteiger partial charge >= 0.3 is 12.1 Å². The van der Waals surface area contributed by atoms with Crippen molar-refractivity contribution in [1.29, 1.82) is 0 Å². The number of hydrogen-bond acceptors (Lipinski definition) is 6. The maximum absolute atomic E-state index is 12.3. The van der Waals surface area contributed by atoms with Crippen molar-refractivity contribution in [2.75, 3.05) is 13.2 Å². The van der Waals surface area contributed by atoms with Crippen LogP contribution in [0.15, 0.2) is 53.9 Å². The smallest absolute Gasteiger partial charge is 0.407 e. The van der Waals surface area contributed by atoms with Crippen LogP contribution in [0.5, 0.6) is 0 Å². The van der Waals surface area contributed by atoms with Crippen molar-refractivity contribution in [2.45, 2.75) is 32.2 Å². The first-order valence-corrected chi connectivity index (χ1v) is 12.3. The van der Waals surface area contributed by atoms with E-state index in [1.165, 1.54) is 22.5 Å². The van der Waals surface area contributed by atoms with E-state index in [1.54, 1.807) is 19.2 Å². The summed E-state index contributed by atoms with van der Waals surface area (Å²) < 4.78 is 5.52. The van der Waals surface area contributed by atoms with Crippen molar-refractivity contribution in [1.82, 2.24) is 15.6 Å². The van der Waals surface area contributed by atoms with Gasteiger partial charge in [-0.25, -0.2) is 14.6 Å². The highest BCUT2D eigenvalue weighted by Crippen LogP contribution is 2.44. The average molecular weight is 494 g/mol. The number of nitrogens with zero attached hydrogens (tertiary/aromatic N) is 1. The van der Waals surface area contributed by atoms with Crippen LogP contribution in [-0.4, -0.2) is 47.3 Å². The lowest BCUT2D eigenvalue weighted by Gasteiger charge is -2.16. The van der Waals surface area contributed by atoms with Gasteiger partial charge in [-0.2, -0.15) is 0 Å². The van der Waals surface area contributed by atoms with Crippen LogP contribution in [0.4, 0.5) is 4.79 Å². The standard InChI is InChI=1S/C26H27N3O5S/c1-15(2)23(25(31)32)29-24(30)21-14-35-22(28-21)11-12-27-26(33)34-13-20-18-9-5-3-7-16(18)17-8-4-6-10-19(17)20/h3-10,14-15,20,23H,11-13H2,1-2H3,(H,27,33)(H,29,30)(H,31,32)/t23-/m0/s1. The molecule has 1 aliphatic rings. The summed E-state index contributed by atoms with van der Waals surface area (Å²) in [4.78, 5) is 40.2. The second kappa shape index (κ2) is 10.7. The molecule has 1 heterocycles. The Balaban J connectivity index is 1.26. The first-order valence-electron chi connectivity index (χ1n) is 11.4. The summed E-state index contributed by atoms with van der Waals surface area (Å²) in [5, 5.41) is 16.7. The molecule has 8 nitrogen and oxygen atoms in total. The second-order valence-electron chi connectivity index (χ2n) is 8.66. The summed E-state index contributed by atoms with van der Waals surface area (Å²) in [6.45, 7) is 3.98. The quantitative estimate of drug-likeness (QED) is 0.414. The van der Waals surface area contributed by atoms with Crippen molar-refractivity contribution in [2.24, 2.45) is 5.92 Å². The van der Waals surface area contributed by atoms with Gasteiger partial charge in [-0.15, -0.1) is 11.3 Å². The highest BCUT2D eigenvalue weighted by molar-refractivity contribution is 7.09. The number of thiazole rings is 1. The van der Waals surface area contributed by atoms with Crippen molar-refractivity contribution >= 4 is 29.3 Å². The molecule has 0 spiro atoms. The summed E-state index contributed by atoms with van der Waals surface area (Å²) in [6.07, 6.45) is -0.0862. The number of carbonyl (C=O) groups is 3. The highest BCUT2D eigenvalue weighted by Gasteiger charge is 2.29. The van der Waals surface area contributed by atoms with E-state index in [0.29, 0.717) is 18.0 Å². The predicted octanol–water partition coefficient (Wildman–Crippen LogP) is 4.06. The number of amides is 2. The first-order chi connectivity index (χ1) is 16.8.